The van der Waals surface area contributed by atoms with E-state index in [1.165, 1.54) is 58.2 Å². The van der Waals surface area contributed by atoms with E-state index in [-0.39, 0.29) is 0 Å². The Bertz CT molecular complexity index is 195. The molecule has 2 rings (SSSR count). The zero-order valence-corrected chi connectivity index (χ0v) is 11.0. The molecule has 1 unspecified atom stereocenters. The van der Waals surface area contributed by atoms with Crippen molar-refractivity contribution in [2.75, 3.05) is 19.6 Å². The lowest BCUT2D eigenvalue weighted by Crippen LogP contribution is -2.60. The van der Waals surface area contributed by atoms with Crippen LogP contribution in [0, 0.1) is 5.92 Å². The van der Waals surface area contributed by atoms with Crippen LogP contribution in [0.4, 0.5) is 0 Å². The smallest absolute Gasteiger partial charge is 0.0348 e. The molecule has 1 aliphatic carbocycles. The van der Waals surface area contributed by atoms with Crippen molar-refractivity contribution in [2.24, 2.45) is 5.92 Å². The first kappa shape index (κ1) is 12.4. The van der Waals surface area contributed by atoms with Gasteiger partial charge in [0.15, 0.2) is 0 Å². The van der Waals surface area contributed by atoms with Crippen LogP contribution in [0.25, 0.3) is 0 Å². The predicted octanol–water partition coefficient (Wildman–Crippen LogP) is 2.64. The van der Waals surface area contributed by atoms with Gasteiger partial charge in [0.1, 0.15) is 0 Å². The minimum atomic E-state index is 0.812. The van der Waals surface area contributed by atoms with Crippen molar-refractivity contribution in [1.29, 1.82) is 0 Å². The molecule has 0 aromatic rings. The van der Waals surface area contributed by atoms with Crippen molar-refractivity contribution in [2.45, 2.75) is 64.5 Å². The van der Waals surface area contributed by atoms with Gasteiger partial charge in [-0.05, 0) is 38.6 Å². The molecule has 0 aromatic heterocycles. The second-order valence-corrected chi connectivity index (χ2v) is 5.69. The molecule has 1 atom stereocenters. The highest BCUT2D eigenvalue weighted by molar-refractivity contribution is 4.89. The van der Waals surface area contributed by atoms with Crippen LogP contribution in [0.15, 0.2) is 0 Å². The first-order chi connectivity index (χ1) is 7.83. The number of rotatable bonds is 5. The van der Waals surface area contributed by atoms with Crippen LogP contribution in [0.2, 0.25) is 0 Å². The summed E-state index contributed by atoms with van der Waals surface area (Å²) in [5.41, 5.74) is 0. The van der Waals surface area contributed by atoms with Crippen LogP contribution < -0.4 is 5.32 Å². The van der Waals surface area contributed by atoms with Crippen LogP contribution in [-0.2, 0) is 0 Å². The van der Waals surface area contributed by atoms with Gasteiger partial charge < -0.3 is 5.32 Å². The Labute approximate surface area is 101 Å². The van der Waals surface area contributed by atoms with E-state index in [9.17, 15) is 0 Å². The minimum Gasteiger partial charge on any atom is -0.314 e. The van der Waals surface area contributed by atoms with Gasteiger partial charge >= 0.3 is 0 Å². The second kappa shape index (κ2) is 6.02. The Morgan fingerprint density at radius 2 is 1.88 bits per heavy atom. The Hall–Kier alpha value is -0.0800. The highest BCUT2D eigenvalue weighted by Gasteiger charge is 2.31. The summed E-state index contributed by atoms with van der Waals surface area (Å²) in [5, 5.41) is 3.42. The molecule has 1 heterocycles. The Balaban J connectivity index is 1.89. The van der Waals surface area contributed by atoms with Gasteiger partial charge in [0.2, 0.25) is 0 Å². The van der Waals surface area contributed by atoms with Crippen molar-refractivity contribution in [3.63, 3.8) is 0 Å². The van der Waals surface area contributed by atoms with Gasteiger partial charge in [0.25, 0.3) is 0 Å². The molecule has 1 saturated heterocycles. The molecule has 0 radical (unpaired) electrons. The largest absolute Gasteiger partial charge is 0.314 e. The molecule has 16 heavy (non-hydrogen) atoms. The maximum Gasteiger partial charge on any atom is 0.0348 e. The molecule has 94 valence electrons. The Morgan fingerprint density at radius 3 is 2.38 bits per heavy atom. The van der Waals surface area contributed by atoms with E-state index in [1.807, 2.05) is 0 Å². The SMILES string of the molecule is CCCN(C1CNC1)C(C)C1CCCCC1. The molecule has 1 N–H and O–H groups in total. The van der Waals surface area contributed by atoms with Gasteiger partial charge in [-0.25, -0.2) is 0 Å². The van der Waals surface area contributed by atoms with E-state index in [0.717, 1.165) is 18.0 Å². The van der Waals surface area contributed by atoms with Gasteiger partial charge in [0.05, 0.1) is 0 Å². The minimum absolute atomic E-state index is 0.812. The lowest BCUT2D eigenvalue weighted by Gasteiger charge is -2.45. The summed E-state index contributed by atoms with van der Waals surface area (Å²) >= 11 is 0. The summed E-state index contributed by atoms with van der Waals surface area (Å²) in [4.78, 5) is 2.78. The zero-order valence-electron chi connectivity index (χ0n) is 11.0. The average molecular weight is 224 g/mol. The number of nitrogens with one attached hydrogen (secondary N) is 1. The maximum absolute atomic E-state index is 3.42. The Kier molecular flexibility index (Phi) is 4.66. The monoisotopic (exact) mass is 224 g/mol. The van der Waals surface area contributed by atoms with Gasteiger partial charge in [-0.1, -0.05) is 26.2 Å². The van der Waals surface area contributed by atoms with E-state index >= 15 is 0 Å². The zero-order chi connectivity index (χ0) is 11.4. The van der Waals surface area contributed by atoms with E-state index in [2.05, 4.69) is 24.1 Å². The number of nitrogens with zero attached hydrogens (tertiary/aromatic N) is 1. The highest BCUT2D eigenvalue weighted by Crippen LogP contribution is 2.30. The van der Waals surface area contributed by atoms with Crippen LogP contribution in [0.1, 0.15) is 52.4 Å². The fraction of sp³-hybridized carbons (Fsp3) is 1.00. The summed E-state index contributed by atoms with van der Waals surface area (Å²) in [6.45, 7) is 8.52. The van der Waals surface area contributed by atoms with E-state index in [4.69, 9.17) is 0 Å². The molecule has 2 nitrogen and oxygen atoms in total. The third kappa shape index (κ3) is 2.78. The Morgan fingerprint density at radius 1 is 1.19 bits per heavy atom. The van der Waals surface area contributed by atoms with E-state index in [0.29, 0.717) is 0 Å². The first-order valence-corrected chi connectivity index (χ1v) is 7.29. The fourth-order valence-corrected chi connectivity index (χ4v) is 3.37. The van der Waals surface area contributed by atoms with Crippen molar-refractivity contribution < 1.29 is 0 Å². The van der Waals surface area contributed by atoms with Crippen molar-refractivity contribution in [3.05, 3.63) is 0 Å². The van der Waals surface area contributed by atoms with E-state index in [1.54, 1.807) is 0 Å². The number of hydrogen-bond acceptors (Lipinski definition) is 2. The molecule has 0 bridgehead atoms. The molecule has 2 heteroatoms. The molecule has 1 saturated carbocycles. The molecule has 0 spiro atoms. The lowest BCUT2D eigenvalue weighted by atomic mass is 9.83. The van der Waals surface area contributed by atoms with Gasteiger partial charge in [-0.15, -0.1) is 0 Å². The maximum atomic E-state index is 3.42. The molecule has 0 aromatic carbocycles. The van der Waals surface area contributed by atoms with Crippen molar-refractivity contribution in [1.82, 2.24) is 10.2 Å². The molecule has 0 amide bonds. The average Bonchev–Trinajstić information content (AvgIpc) is 2.26. The third-order valence-electron chi connectivity index (χ3n) is 4.57. The van der Waals surface area contributed by atoms with Gasteiger partial charge in [-0.3, -0.25) is 4.90 Å². The lowest BCUT2D eigenvalue weighted by molar-refractivity contribution is 0.0593. The predicted molar refractivity (Wildman–Crippen MR) is 69.7 cm³/mol. The summed E-state index contributed by atoms with van der Waals surface area (Å²) < 4.78 is 0. The summed E-state index contributed by atoms with van der Waals surface area (Å²) in [6, 6.07) is 1.64. The molecule has 1 aliphatic heterocycles. The molecular weight excluding hydrogens is 196 g/mol. The molecular formula is C14H28N2. The van der Waals surface area contributed by atoms with Crippen LogP contribution in [0.3, 0.4) is 0 Å². The second-order valence-electron chi connectivity index (χ2n) is 5.69. The number of hydrogen-bond donors (Lipinski definition) is 1. The van der Waals surface area contributed by atoms with Crippen LogP contribution in [-0.4, -0.2) is 36.6 Å². The van der Waals surface area contributed by atoms with Crippen molar-refractivity contribution >= 4 is 0 Å². The van der Waals surface area contributed by atoms with E-state index < -0.39 is 0 Å². The van der Waals surface area contributed by atoms with Crippen LogP contribution in [0.5, 0.6) is 0 Å². The van der Waals surface area contributed by atoms with Crippen LogP contribution >= 0.6 is 0 Å². The van der Waals surface area contributed by atoms with Gasteiger partial charge in [0, 0.05) is 25.2 Å². The normalized spacial score (nSPS) is 25.7. The molecule has 2 fully saturated rings. The topological polar surface area (TPSA) is 15.3 Å². The van der Waals surface area contributed by atoms with Gasteiger partial charge in [-0.2, -0.15) is 0 Å². The highest BCUT2D eigenvalue weighted by atomic mass is 15.3. The van der Waals surface area contributed by atoms with Crippen molar-refractivity contribution in [3.8, 4) is 0 Å². The third-order valence-corrected chi connectivity index (χ3v) is 4.57. The standard InChI is InChI=1S/C14H28N2/c1-3-9-16(14-10-15-11-14)12(2)13-7-5-4-6-8-13/h12-15H,3-11H2,1-2H3. The quantitative estimate of drug-likeness (QED) is 0.772. The summed E-state index contributed by atoms with van der Waals surface area (Å²) in [7, 11) is 0. The first-order valence-electron chi connectivity index (χ1n) is 7.29. The summed E-state index contributed by atoms with van der Waals surface area (Å²) in [6.07, 6.45) is 8.66. The summed E-state index contributed by atoms with van der Waals surface area (Å²) in [5.74, 6) is 0.973. The molecule has 2 aliphatic rings. The fourth-order valence-electron chi connectivity index (χ4n) is 3.37.